The Hall–Kier alpha value is -1.68. The van der Waals surface area contributed by atoms with Gasteiger partial charge in [0.05, 0.1) is 17.4 Å². The van der Waals surface area contributed by atoms with Crippen molar-refractivity contribution in [1.82, 2.24) is 14.8 Å². The topological polar surface area (TPSA) is 50.9 Å². The van der Waals surface area contributed by atoms with E-state index in [1.165, 1.54) is 32.1 Å². The van der Waals surface area contributed by atoms with Crippen LogP contribution in [-0.2, 0) is 6.42 Å². The number of aliphatic hydroxyl groups excluding tert-OH is 1. The molecule has 0 amide bonds. The quantitative estimate of drug-likeness (QED) is 0.937. The molecule has 1 unspecified atom stereocenters. The first-order valence-corrected chi connectivity index (χ1v) is 7.87. The van der Waals surface area contributed by atoms with Gasteiger partial charge in [0, 0.05) is 18.8 Å². The molecule has 0 saturated heterocycles. The minimum absolute atomic E-state index is 0.525. The van der Waals surface area contributed by atoms with E-state index in [4.69, 9.17) is 0 Å². The molecule has 112 valence electrons. The number of hydrogen-bond donors (Lipinski definition) is 1. The summed E-state index contributed by atoms with van der Waals surface area (Å²) >= 11 is 0. The third kappa shape index (κ3) is 3.32. The highest BCUT2D eigenvalue weighted by Crippen LogP contribution is 2.28. The van der Waals surface area contributed by atoms with Crippen LogP contribution in [0.5, 0.6) is 0 Å². The molecule has 4 nitrogen and oxygen atoms in total. The molecule has 4 heteroatoms. The molecule has 1 aliphatic carbocycles. The summed E-state index contributed by atoms with van der Waals surface area (Å²) in [5.74, 6) is 0. The standard InChI is InChI=1S/C17H23N3O/c1-13-6-5-10-18-17(13)16(21)12-14-9-11-20(19-14)15-7-3-2-4-8-15/h5-6,9-11,15-16,21H,2-4,7-8,12H2,1H3. The molecule has 1 fully saturated rings. The average Bonchev–Trinajstić information content (AvgIpc) is 2.97. The van der Waals surface area contributed by atoms with Gasteiger partial charge in [-0.25, -0.2) is 0 Å². The molecule has 21 heavy (non-hydrogen) atoms. The summed E-state index contributed by atoms with van der Waals surface area (Å²) in [5, 5.41) is 15.0. The van der Waals surface area contributed by atoms with E-state index in [2.05, 4.69) is 21.0 Å². The van der Waals surface area contributed by atoms with Crippen molar-refractivity contribution in [2.75, 3.05) is 0 Å². The van der Waals surface area contributed by atoms with Gasteiger partial charge in [0.2, 0.25) is 0 Å². The van der Waals surface area contributed by atoms with Gasteiger partial charge in [-0.3, -0.25) is 9.67 Å². The first-order chi connectivity index (χ1) is 10.2. The van der Waals surface area contributed by atoms with E-state index in [0.717, 1.165) is 17.0 Å². The zero-order valence-corrected chi connectivity index (χ0v) is 12.6. The minimum atomic E-state index is -0.582. The monoisotopic (exact) mass is 285 g/mol. The SMILES string of the molecule is Cc1cccnc1C(O)Cc1ccn(C2CCCCC2)n1. The fraction of sp³-hybridized carbons (Fsp3) is 0.529. The summed E-state index contributed by atoms with van der Waals surface area (Å²) in [4.78, 5) is 4.29. The maximum Gasteiger partial charge on any atom is 0.102 e. The van der Waals surface area contributed by atoms with E-state index in [-0.39, 0.29) is 0 Å². The van der Waals surface area contributed by atoms with Gasteiger partial charge in [0.1, 0.15) is 6.10 Å². The fourth-order valence-electron chi connectivity index (χ4n) is 3.18. The van der Waals surface area contributed by atoms with Crippen molar-refractivity contribution >= 4 is 0 Å². The second-order valence-corrected chi connectivity index (χ2v) is 6.00. The molecule has 2 aromatic heterocycles. The number of aromatic nitrogens is 3. The molecular weight excluding hydrogens is 262 g/mol. The highest BCUT2D eigenvalue weighted by atomic mass is 16.3. The van der Waals surface area contributed by atoms with E-state index in [1.54, 1.807) is 6.20 Å². The Morgan fingerprint density at radius 2 is 2.10 bits per heavy atom. The first kappa shape index (κ1) is 14.3. The van der Waals surface area contributed by atoms with Crippen molar-refractivity contribution in [3.8, 4) is 0 Å². The zero-order valence-electron chi connectivity index (χ0n) is 12.6. The Kier molecular flexibility index (Phi) is 4.34. The first-order valence-electron chi connectivity index (χ1n) is 7.87. The summed E-state index contributed by atoms with van der Waals surface area (Å²) in [7, 11) is 0. The number of aliphatic hydroxyl groups is 1. The Balaban J connectivity index is 1.68. The third-order valence-electron chi connectivity index (χ3n) is 4.38. The van der Waals surface area contributed by atoms with Gasteiger partial charge in [-0.1, -0.05) is 25.3 Å². The van der Waals surface area contributed by atoms with Crippen LogP contribution in [0.25, 0.3) is 0 Å². The van der Waals surface area contributed by atoms with Crippen LogP contribution in [0, 0.1) is 6.92 Å². The summed E-state index contributed by atoms with van der Waals surface area (Å²) in [6, 6.07) is 6.44. The number of aryl methyl sites for hydroxylation is 1. The van der Waals surface area contributed by atoms with Gasteiger partial charge in [0.25, 0.3) is 0 Å². The van der Waals surface area contributed by atoms with Crippen LogP contribution in [0.15, 0.2) is 30.6 Å². The summed E-state index contributed by atoms with van der Waals surface area (Å²) in [6.07, 6.45) is 10.1. The smallest absolute Gasteiger partial charge is 0.102 e. The fourth-order valence-corrected chi connectivity index (χ4v) is 3.18. The Morgan fingerprint density at radius 3 is 2.86 bits per heavy atom. The predicted molar refractivity (Wildman–Crippen MR) is 82.0 cm³/mol. The van der Waals surface area contributed by atoms with Crippen LogP contribution in [0.2, 0.25) is 0 Å². The lowest BCUT2D eigenvalue weighted by Crippen LogP contribution is -2.14. The van der Waals surface area contributed by atoms with E-state index in [9.17, 15) is 5.11 Å². The molecule has 0 bridgehead atoms. The molecule has 0 radical (unpaired) electrons. The molecule has 1 saturated carbocycles. The minimum Gasteiger partial charge on any atom is -0.386 e. The number of pyridine rings is 1. The summed E-state index contributed by atoms with van der Waals surface area (Å²) in [5.41, 5.74) is 2.72. The Morgan fingerprint density at radius 1 is 1.29 bits per heavy atom. The lowest BCUT2D eigenvalue weighted by molar-refractivity contribution is 0.171. The second kappa shape index (κ2) is 6.39. The third-order valence-corrected chi connectivity index (χ3v) is 4.38. The second-order valence-electron chi connectivity index (χ2n) is 6.00. The summed E-state index contributed by atoms with van der Waals surface area (Å²) in [6.45, 7) is 1.98. The van der Waals surface area contributed by atoms with E-state index in [0.29, 0.717) is 12.5 Å². The maximum atomic E-state index is 10.4. The van der Waals surface area contributed by atoms with Crippen molar-refractivity contribution in [3.05, 3.63) is 47.5 Å². The van der Waals surface area contributed by atoms with Crippen molar-refractivity contribution in [2.24, 2.45) is 0 Å². The van der Waals surface area contributed by atoms with Crippen molar-refractivity contribution in [3.63, 3.8) is 0 Å². The highest BCUT2D eigenvalue weighted by molar-refractivity contribution is 5.21. The van der Waals surface area contributed by atoms with Gasteiger partial charge >= 0.3 is 0 Å². The molecule has 1 aliphatic rings. The normalized spacial score (nSPS) is 17.8. The van der Waals surface area contributed by atoms with E-state index >= 15 is 0 Å². The maximum absolute atomic E-state index is 10.4. The van der Waals surface area contributed by atoms with Crippen LogP contribution in [-0.4, -0.2) is 19.9 Å². The Bertz CT molecular complexity index is 587. The van der Waals surface area contributed by atoms with Crippen molar-refractivity contribution in [1.29, 1.82) is 0 Å². The average molecular weight is 285 g/mol. The summed E-state index contributed by atoms with van der Waals surface area (Å²) < 4.78 is 2.09. The highest BCUT2D eigenvalue weighted by Gasteiger charge is 2.18. The number of rotatable bonds is 4. The molecule has 0 aliphatic heterocycles. The largest absolute Gasteiger partial charge is 0.386 e. The van der Waals surface area contributed by atoms with Gasteiger partial charge in [-0.2, -0.15) is 5.10 Å². The Labute approximate surface area is 125 Å². The molecule has 3 rings (SSSR count). The molecule has 1 atom stereocenters. The van der Waals surface area contributed by atoms with Crippen LogP contribution < -0.4 is 0 Å². The van der Waals surface area contributed by atoms with Gasteiger partial charge in [-0.15, -0.1) is 0 Å². The van der Waals surface area contributed by atoms with Gasteiger partial charge in [-0.05, 0) is 37.5 Å². The molecule has 2 aromatic rings. The van der Waals surface area contributed by atoms with Crippen molar-refractivity contribution in [2.45, 2.75) is 57.6 Å². The van der Waals surface area contributed by atoms with Crippen LogP contribution >= 0.6 is 0 Å². The van der Waals surface area contributed by atoms with Crippen molar-refractivity contribution < 1.29 is 5.11 Å². The molecular formula is C17H23N3O. The van der Waals surface area contributed by atoms with E-state index < -0.39 is 6.10 Å². The molecule has 2 heterocycles. The lowest BCUT2D eigenvalue weighted by atomic mass is 9.96. The molecule has 0 aromatic carbocycles. The predicted octanol–water partition coefficient (Wildman–Crippen LogP) is 3.37. The number of nitrogens with zero attached hydrogens (tertiary/aromatic N) is 3. The molecule has 1 N–H and O–H groups in total. The zero-order chi connectivity index (χ0) is 14.7. The van der Waals surface area contributed by atoms with Gasteiger partial charge < -0.3 is 5.11 Å². The number of hydrogen-bond acceptors (Lipinski definition) is 3. The van der Waals surface area contributed by atoms with E-state index in [1.807, 2.05) is 25.1 Å². The molecule has 0 spiro atoms. The van der Waals surface area contributed by atoms with Gasteiger partial charge in [0.15, 0.2) is 0 Å². The van der Waals surface area contributed by atoms with Crippen LogP contribution in [0.1, 0.15) is 61.2 Å². The van der Waals surface area contributed by atoms with Crippen LogP contribution in [0.3, 0.4) is 0 Å². The lowest BCUT2D eigenvalue weighted by Gasteiger charge is -2.21. The van der Waals surface area contributed by atoms with Crippen LogP contribution in [0.4, 0.5) is 0 Å².